The van der Waals surface area contributed by atoms with Crippen LogP contribution >= 0.6 is 15.9 Å². The second kappa shape index (κ2) is 7.09. The Hall–Kier alpha value is -1.07. The largest absolute Gasteiger partial charge is 0.399 e. The number of hydrogen-bond donors (Lipinski definition) is 2. The average Bonchev–Trinajstić information content (AvgIpc) is 2.91. The Balaban J connectivity index is 1.83. The highest BCUT2D eigenvalue weighted by atomic mass is 79.9. The van der Waals surface area contributed by atoms with Gasteiger partial charge in [-0.15, -0.1) is 0 Å². The number of likely N-dealkylation sites (tertiary alicyclic amines) is 1. The van der Waals surface area contributed by atoms with Gasteiger partial charge in [-0.2, -0.15) is 0 Å². The molecule has 0 aromatic heterocycles. The van der Waals surface area contributed by atoms with Gasteiger partial charge in [-0.05, 0) is 66.0 Å². The molecule has 4 nitrogen and oxygen atoms in total. The van der Waals surface area contributed by atoms with Crippen LogP contribution in [0.2, 0.25) is 0 Å². The molecule has 1 saturated heterocycles. The zero-order valence-corrected chi connectivity index (χ0v) is 13.4. The van der Waals surface area contributed by atoms with Crippen LogP contribution in [-0.2, 0) is 0 Å². The minimum Gasteiger partial charge on any atom is -0.399 e. The minimum absolute atomic E-state index is 0.0718. The third kappa shape index (κ3) is 4.21. The van der Waals surface area contributed by atoms with E-state index in [1.807, 2.05) is 0 Å². The first-order chi connectivity index (χ1) is 9.56. The molecule has 1 aromatic carbocycles. The molecule has 1 atom stereocenters. The van der Waals surface area contributed by atoms with Crippen molar-refractivity contribution in [3.05, 3.63) is 28.2 Å². The number of hydrogen-bond acceptors (Lipinski definition) is 3. The summed E-state index contributed by atoms with van der Waals surface area (Å²) in [5, 5.41) is 2.99. The number of carbonyl (C=O) groups is 1. The van der Waals surface area contributed by atoms with Crippen molar-refractivity contribution in [3.63, 3.8) is 0 Å². The van der Waals surface area contributed by atoms with Gasteiger partial charge in [-0.1, -0.05) is 6.92 Å². The lowest BCUT2D eigenvalue weighted by molar-refractivity contribution is 0.0944. The molecule has 2 rings (SSSR count). The van der Waals surface area contributed by atoms with E-state index in [-0.39, 0.29) is 5.91 Å². The van der Waals surface area contributed by atoms with E-state index < -0.39 is 0 Å². The molecule has 20 heavy (non-hydrogen) atoms. The first-order valence-corrected chi connectivity index (χ1v) is 7.91. The van der Waals surface area contributed by atoms with Crippen LogP contribution in [0.4, 0.5) is 5.69 Å². The topological polar surface area (TPSA) is 58.4 Å². The summed E-state index contributed by atoms with van der Waals surface area (Å²) in [6.45, 7) is 6.31. The lowest BCUT2D eigenvalue weighted by Gasteiger charge is -2.20. The molecule has 3 N–H and O–H groups in total. The van der Waals surface area contributed by atoms with Gasteiger partial charge in [0.25, 0.3) is 5.91 Å². The smallest absolute Gasteiger partial charge is 0.252 e. The maximum atomic E-state index is 12.1. The van der Waals surface area contributed by atoms with Gasteiger partial charge in [0.1, 0.15) is 0 Å². The SMILES string of the molecule is CC(CNC(=O)c1cc(N)ccc1Br)CN1CCCC1. The van der Waals surface area contributed by atoms with Gasteiger partial charge >= 0.3 is 0 Å². The molecule has 0 bridgehead atoms. The highest BCUT2D eigenvalue weighted by molar-refractivity contribution is 9.10. The Labute approximate surface area is 128 Å². The van der Waals surface area contributed by atoms with E-state index in [1.165, 1.54) is 25.9 Å². The summed E-state index contributed by atoms with van der Waals surface area (Å²) in [6.07, 6.45) is 2.60. The van der Waals surface area contributed by atoms with Crippen molar-refractivity contribution in [1.29, 1.82) is 0 Å². The zero-order chi connectivity index (χ0) is 14.5. The fourth-order valence-corrected chi connectivity index (χ4v) is 2.98. The second-order valence-electron chi connectivity index (χ2n) is 5.56. The van der Waals surface area contributed by atoms with E-state index in [1.54, 1.807) is 18.2 Å². The molecule has 1 amide bonds. The number of carbonyl (C=O) groups excluding carboxylic acids is 1. The standard InChI is InChI=1S/C15H22BrN3O/c1-11(10-19-6-2-3-7-19)9-18-15(20)13-8-12(17)4-5-14(13)16/h4-5,8,11H,2-3,6-7,9-10,17H2,1H3,(H,18,20). The van der Waals surface area contributed by atoms with E-state index in [0.29, 0.717) is 23.7 Å². The third-order valence-corrected chi connectivity index (χ3v) is 4.31. The number of rotatable bonds is 5. The van der Waals surface area contributed by atoms with Crippen LogP contribution in [0.5, 0.6) is 0 Å². The van der Waals surface area contributed by atoms with Gasteiger partial charge in [0.05, 0.1) is 5.56 Å². The molecule has 1 aromatic rings. The molecule has 0 aliphatic carbocycles. The molecular formula is C15H22BrN3O. The highest BCUT2D eigenvalue weighted by Crippen LogP contribution is 2.19. The Morgan fingerprint density at radius 2 is 2.15 bits per heavy atom. The molecule has 110 valence electrons. The van der Waals surface area contributed by atoms with Gasteiger partial charge < -0.3 is 16.0 Å². The minimum atomic E-state index is -0.0718. The fraction of sp³-hybridized carbons (Fsp3) is 0.533. The maximum Gasteiger partial charge on any atom is 0.252 e. The maximum absolute atomic E-state index is 12.1. The second-order valence-corrected chi connectivity index (χ2v) is 6.42. The summed E-state index contributed by atoms with van der Waals surface area (Å²) >= 11 is 3.38. The van der Waals surface area contributed by atoms with Crippen molar-refractivity contribution >= 4 is 27.5 Å². The molecule has 1 heterocycles. The van der Waals surface area contributed by atoms with Gasteiger partial charge in [0.2, 0.25) is 0 Å². The first-order valence-electron chi connectivity index (χ1n) is 7.12. The van der Waals surface area contributed by atoms with Crippen molar-refractivity contribution in [2.75, 3.05) is 31.9 Å². The van der Waals surface area contributed by atoms with Crippen LogP contribution in [0.3, 0.4) is 0 Å². The van der Waals surface area contributed by atoms with E-state index in [4.69, 9.17) is 5.73 Å². The Morgan fingerprint density at radius 1 is 1.45 bits per heavy atom. The number of nitrogen functional groups attached to an aromatic ring is 1. The fourth-order valence-electron chi connectivity index (χ4n) is 2.55. The molecule has 0 spiro atoms. The Morgan fingerprint density at radius 3 is 2.85 bits per heavy atom. The number of nitrogens with zero attached hydrogens (tertiary/aromatic N) is 1. The summed E-state index contributed by atoms with van der Waals surface area (Å²) in [5.74, 6) is 0.384. The Kier molecular flexibility index (Phi) is 5.43. The predicted molar refractivity (Wildman–Crippen MR) is 85.7 cm³/mol. The van der Waals surface area contributed by atoms with Crippen molar-refractivity contribution in [2.45, 2.75) is 19.8 Å². The lowest BCUT2D eigenvalue weighted by Crippen LogP contribution is -2.34. The summed E-state index contributed by atoms with van der Waals surface area (Å²) in [5.41, 5.74) is 6.92. The van der Waals surface area contributed by atoms with Crippen LogP contribution in [-0.4, -0.2) is 37.0 Å². The third-order valence-electron chi connectivity index (χ3n) is 3.61. The number of anilines is 1. The Bertz CT molecular complexity index is 472. The van der Waals surface area contributed by atoms with Gasteiger partial charge in [0, 0.05) is 23.2 Å². The number of amides is 1. The van der Waals surface area contributed by atoms with Gasteiger partial charge in [-0.3, -0.25) is 4.79 Å². The normalized spacial score (nSPS) is 17.1. The number of halogens is 1. The molecule has 1 fully saturated rings. The van der Waals surface area contributed by atoms with Crippen molar-refractivity contribution in [1.82, 2.24) is 10.2 Å². The number of nitrogens with one attached hydrogen (secondary N) is 1. The van der Waals surface area contributed by atoms with Crippen LogP contribution < -0.4 is 11.1 Å². The average molecular weight is 340 g/mol. The van der Waals surface area contributed by atoms with Crippen LogP contribution in [0.15, 0.2) is 22.7 Å². The zero-order valence-electron chi connectivity index (χ0n) is 11.9. The van der Waals surface area contributed by atoms with E-state index in [9.17, 15) is 4.79 Å². The number of nitrogens with two attached hydrogens (primary N) is 1. The highest BCUT2D eigenvalue weighted by Gasteiger charge is 2.16. The van der Waals surface area contributed by atoms with Crippen LogP contribution in [0.1, 0.15) is 30.1 Å². The van der Waals surface area contributed by atoms with Crippen molar-refractivity contribution in [3.8, 4) is 0 Å². The summed E-state index contributed by atoms with van der Waals surface area (Å²) < 4.78 is 0.774. The van der Waals surface area contributed by atoms with Gasteiger partial charge in [-0.25, -0.2) is 0 Å². The molecule has 1 aliphatic heterocycles. The van der Waals surface area contributed by atoms with Crippen molar-refractivity contribution < 1.29 is 4.79 Å². The summed E-state index contributed by atoms with van der Waals surface area (Å²) in [7, 11) is 0. The lowest BCUT2D eigenvalue weighted by atomic mass is 10.1. The predicted octanol–water partition coefficient (Wildman–Crippen LogP) is 2.49. The van der Waals surface area contributed by atoms with Gasteiger partial charge in [0.15, 0.2) is 0 Å². The van der Waals surface area contributed by atoms with Crippen molar-refractivity contribution in [2.24, 2.45) is 5.92 Å². The summed E-state index contributed by atoms with van der Waals surface area (Å²) in [6, 6.07) is 5.28. The molecular weight excluding hydrogens is 318 g/mol. The molecule has 1 unspecified atom stereocenters. The number of benzene rings is 1. The van der Waals surface area contributed by atoms with E-state index in [0.717, 1.165) is 11.0 Å². The quantitative estimate of drug-likeness (QED) is 0.810. The van der Waals surface area contributed by atoms with Crippen LogP contribution in [0, 0.1) is 5.92 Å². The van der Waals surface area contributed by atoms with E-state index >= 15 is 0 Å². The first kappa shape index (κ1) is 15.3. The molecule has 5 heteroatoms. The molecule has 1 aliphatic rings. The van der Waals surface area contributed by atoms with Crippen LogP contribution in [0.25, 0.3) is 0 Å². The monoisotopic (exact) mass is 339 g/mol. The van der Waals surface area contributed by atoms with E-state index in [2.05, 4.69) is 33.1 Å². The summed E-state index contributed by atoms with van der Waals surface area (Å²) in [4.78, 5) is 14.6. The molecule has 0 radical (unpaired) electrons. The molecule has 0 saturated carbocycles.